The molecule has 0 spiro atoms. The number of rotatable bonds is 3. The number of Topliss-reactive ketones (excluding diaryl/α,β-unsaturated/α-hetero) is 1. The standard InChI is InChI=1S/C15H11ClF2O/c1-9-6-11(3-5-13(9)16)15(19)7-10-2-4-12(17)8-14(10)18/h2-6,8H,7H2,1H3. The first kappa shape index (κ1) is 13.7. The summed E-state index contributed by atoms with van der Waals surface area (Å²) in [4.78, 5) is 12.0. The van der Waals surface area contributed by atoms with Gasteiger partial charge in [0.15, 0.2) is 5.78 Å². The molecule has 0 saturated heterocycles. The van der Waals surface area contributed by atoms with Crippen molar-refractivity contribution in [3.05, 3.63) is 69.7 Å². The van der Waals surface area contributed by atoms with Crippen LogP contribution in [0.15, 0.2) is 36.4 Å². The molecule has 0 atom stereocenters. The molecule has 0 saturated carbocycles. The molecular formula is C15H11ClF2O. The van der Waals surface area contributed by atoms with Crippen LogP contribution in [0.4, 0.5) is 8.78 Å². The number of aryl methyl sites for hydroxylation is 1. The Kier molecular flexibility index (Phi) is 3.96. The van der Waals surface area contributed by atoms with Gasteiger partial charge in [0.1, 0.15) is 11.6 Å². The topological polar surface area (TPSA) is 17.1 Å². The zero-order chi connectivity index (χ0) is 14.0. The van der Waals surface area contributed by atoms with Gasteiger partial charge in [-0.15, -0.1) is 0 Å². The van der Waals surface area contributed by atoms with Crippen LogP contribution in [-0.2, 0) is 6.42 Å². The van der Waals surface area contributed by atoms with Gasteiger partial charge in [0.25, 0.3) is 0 Å². The minimum Gasteiger partial charge on any atom is -0.294 e. The third-order valence-electron chi connectivity index (χ3n) is 2.85. The Morgan fingerprint density at radius 3 is 2.53 bits per heavy atom. The molecule has 19 heavy (non-hydrogen) atoms. The van der Waals surface area contributed by atoms with Crippen molar-refractivity contribution in [1.29, 1.82) is 0 Å². The van der Waals surface area contributed by atoms with E-state index >= 15 is 0 Å². The molecule has 4 heteroatoms. The monoisotopic (exact) mass is 280 g/mol. The lowest BCUT2D eigenvalue weighted by Gasteiger charge is -2.05. The molecule has 0 radical (unpaired) electrons. The van der Waals surface area contributed by atoms with Crippen molar-refractivity contribution in [2.24, 2.45) is 0 Å². The van der Waals surface area contributed by atoms with E-state index in [4.69, 9.17) is 11.6 Å². The normalized spacial score (nSPS) is 10.5. The fourth-order valence-electron chi connectivity index (χ4n) is 1.76. The highest BCUT2D eigenvalue weighted by atomic mass is 35.5. The Labute approximate surface area is 114 Å². The van der Waals surface area contributed by atoms with Crippen LogP contribution < -0.4 is 0 Å². The summed E-state index contributed by atoms with van der Waals surface area (Å²) < 4.78 is 26.2. The third-order valence-corrected chi connectivity index (χ3v) is 3.27. The molecule has 0 heterocycles. The molecule has 0 unspecified atom stereocenters. The number of halogens is 3. The number of benzene rings is 2. The molecule has 2 aromatic rings. The Bertz CT molecular complexity index is 638. The third kappa shape index (κ3) is 3.18. The van der Waals surface area contributed by atoms with E-state index in [1.54, 1.807) is 25.1 Å². The van der Waals surface area contributed by atoms with Crippen molar-refractivity contribution in [3.8, 4) is 0 Å². The van der Waals surface area contributed by atoms with E-state index in [0.717, 1.165) is 17.7 Å². The summed E-state index contributed by atoms with van der Waals surface area (Å²) in [5.74, 6) is -1.60. The van der Waals surface area contributed by atoms with Crippen LogP contribution in [0.25, 0.3) is 0 Å². The predicted octanol–water partition coefficient (Wildman–Crippen LogP) is 4.35. The van der Waals surface area contributed by atoms with Gasteiger partial charge in [-0.25, -0.2) is 8.78 Å². The molecule has 1 nitrogen and oxygen atoms in total. The van der Waals surface area contributed by atoms with Gasteiger partial charge in [-0.2, -0.15) is 0 Å². The molecule has 0 aliphatic carbocycles. The minimum absolute atomic E-state index is 0.104. The van der Waals surface area contributed by atoms with Gasteiger partial charge in [-0.1, -0.05) is 17.7 Å². The first-order valence-corrected chi connectivity index (χ1v) is 6.08. The fraction of sp³-hybridized carbons (Fsp3) is 0.133. The van der Waals surface area contributed by atoms with Gasteiger partial charge >= 0.3 is 0 Å². The Hall–Kier alpha value is -1.74. The summed E-state index contributed by atoms with van der Waals surface area (Å²) >= 11 is 5.88. The van der Waals surface area contributed by atoms with Crippen LogP contribution in [-0.4, -0.2) is 5.78 Å². The summed E-state index contributed by atoms with van der Waals surface area (Å²) in [6, 6.07) is 8.08. The first-order chi connectivity index (χ1) is 8.97. The smallest absolute Gasteiger partial charge is 0.167 e. The van der Waals surface area contributed by atoms with E-state index in [-0.39, 0.29) is 17.8 Å². The van der Waals surface area contributed by atoms with Crippen LogP contribution in [0.2, 0.25) is 5.02 Å². The first-order valence-electron chi connectivity index (χ1n) is 5.70. The molecule has 2 aromatic carbocycles. The Morgan fingerprint density at radius 2 is 1.89 bits per heavy atom. The fourth-order valence-corrected chi connectivity index (χ4v) is 1.88. The van der Waals surface area contributed by atoms with Gasteiger partial charge in [0, 0.05) is 23.1 Å². The quantitative estimate of drug-likeness (QED) is 0.764. The van der Waals surface area contributed by atoms with Gasteiger partial charge in [0.05, 0.1) is 0 Å². The van der Waals surface area contributed by atoms with Crippen LogP contribution in [0.1, 0.15) is 21.5 Å². The molecule has 0 aliphatic rings. The second-order valence-corrected chi connectivity index (χ2v) is 4.71. The molecular weight excluding hydrogens is 270 g/mol. The predicted molar refractivity (Wildman–Crippen MR) is 70.6 cm³/mol. The molecule has 0 N–H and O–H groups in total. The number of carbonyl (C=O) groups is 1. The number of hydrogen-bond acceptors (Lipinski definition) is 1. The van der Waals surface area contributed by atoms with E-state index in [2.05, 4.69) is 0 Å². The van der Waals surface area contributed by atoms with Crippen LogP contribution in [0.3, 0.4) is 0 Å². The second-order valence-electron chi connectivity index (χ2n) is 4.30. The van der Waals surface area contributed by atoms with E-state index in [9.17, 15) is 13.6 Å². The molecule has 0 bridgehead atoms. The molecule has 0 aliphatic heterocycles. The Morgan fingerprint density at radius 1 is 1.16 bits per heavy atom. The van der Waals surface area contributed by atoms with Crippen LogP contribution in [0, 0.1) is 18.6 Å². The number of ketones is 1. The molecule has 0 fully saturated rings. The number of hydrogen-bond donors (Lipinski definition) is 0. The summed E-state index contributed by atoms with van der Waals surface area (Å²) in [7, 11) is 0. The second kappa shape index (κ2) is 5.49. The van der Waals surface area contributed by atoms with Crippen molar-refractivity contribution < 1.29 is 13.6 Å². The maximum Gasteiger partial charge on any atom is 0.167 e. The highest BCUT2D eigenvalue weighted by molar-refractivity contribution is 6.31. The molecule has 0 aromatic heterocycles. The Balaban J connectivity index is 2.23. The van der Waals surface area contributed by atoms with E-state index in [0.29, 0.717) is 10.6 Å². The average Bonchev–Trinajstić information content (AvgIpc) is 2.36. The number of carbonyl (C=O) groups excluding carboxylic acids is 1. The van der Waals surface area contributed by atoms with Crippen molar-refractivity contribution in [1.82, 2.24) is 0 Å². The molecule has 0 amide bonds. The lowest BCUT2D eigenvalue weighted by atomic mass is 10.0. The van der Waals surface area contributed by atoms with Crippen LogP contribution >= 0.6 is 11.6 Å². The lowest BCUT2D eigenvalue weighted by Crippen LogP contribution is -2.05. The molecule has 2 rings (SSSR count). The highest BCUT2D eigenvalue weighted by Gasteiger charge is 2.12. The zero-order valence-corrected chi connectivity index (χ0v) is 11.0. The van der Waals surface area contributed by atoms with Crippen molar-refractivity contribution in [2.75, 3.05) is 0 Å². The summed E-state index contributed by atoms with van der Waals surface area (Å²) in [6.45, 7) is 1.79. The highest BCUT2D eigenvalue weighted by Crippen LogP contribution is 2.18. The van der Waals surface area contributed by atoms with Gasteiger partial charge < -0.3 is 0 Å². The minimum atomic E-state index is -0.709. The summed E-state index contributed by atoms with van der Waals surface area (Å²) in [5.41, 5.74) is 1.43. The van der Waals surface area contributed by atoms with E-state index < -0.39 is 11.6 Å². The largest absolute Gasteiger partial charge is 0.294 e. The molecule has 98 valence electrons. The van der Waals surface area contributed by atoms with Crippen LogP contribution in [0.5, 0.6) is 0 Å². The van der Waals surface area contributed by atoms with E-state index in [1.165, 1.54) is 6.07 Å². The SMILES string of the molecule is Cc1cc(C(=O)Cc2ccc(F)cc2F)ccc1Cl. The van der Waals surface area contributed by atoms with E-state index in [1.807, 2.05) is 0 Å². The zero-order valence-electron chi connectivity index (χ0n) is 10.2. The summed E-state index contributed by atoms with van der Waals surface area (Å²) in [5, 5.41) is 0.574. The van der Waals surface area contributed by atoms with Crippen molar-refractivity contribution in [3.63, 3.8) is 0 Å². The lowest BCUT2D eigenvalue weighted by molar-refractivity contribution is 0.0991. The average molecular weight is 281 g/mol. The summed E-state index contributed by atoms with van der Waals surface area (Å²) in [6.07, 6.45) is -0.104. The van der Waals surface area contributed by atoms with Gasteiger partial charge in [0.2, 0.25) is 0 Å². The van der Waals surface area contributed by atoms with Crippen molar-refractivity contribution in [2.45, 2.75) is 13.3 Å². The van der Waals surface area contributed by atoms with Crippen molar-refractivity contribution >= 4 is 17.4 Å². The van der Waals surface area contributed by atoms with Gasteiger partial charge in [-0.05, 0) is 42.3 Å². The maximum atomic E-state index is 13.5. The maximum absolute atomic E-state index is 13.5. The van der Waals surface area contributed by atoms with Gasteiger partial charge in [-0.3, -0.25) is 4.79 Å².